The Hall–Kier alpha value is -2.28. The molecule has 13 heteroatoms. The predicted octanol–water partition coefficient (Wildman–Crippen LogP) is 4.33. The lowest BCUT2D eigenvalue weighted by Gasteiger charge is -2.09. The first-order valence-corrected chi connectivity index (χ1v) is 12.0. The molecule has 3 aromatic rings. The minimum atomic E-state index is -5.39. The van der Waals surface area contributed by atoms with Crippen molar-refractivity contribution in [3.8, 4) is 0 Å². The molecular formula is C19H17ClF3N3O4S2. The summed E-state index contributed by atoms with van der Waals surface area (Å²) >= 11 is 7.25. The Kier molecular flexibility index (Phi) is 7.70. The number of aromatic nitrogens is 1. The van der Waals surface area contributed by atoms with Crippen molar-refractivity contribution < 1.29 is 30.8 Å². The van der Waals surface area contributed by atoms with Gasteiger partial charge in [0.1, 0.15) is 5.52 Å². The number of carbonyl (C=O) groups is 1. The van der Waals surface area contributed by atoms with E-state index in [1.165, 1.54) is 22.6 Å². The van der Waals surface area contributed by atoms with Crippen molar-refractivity contribution in [1.82, 2.24) is 15.0 Å². The topological polar surface area (TPSA) is 101 Å². The number of carbonyl (C=O) groups excluding carboxylic acids is 1. The number of hydrogen-bond acceptors (Lipinski definition) is 6. The van der Waals surface area contributed by atoms with Crippen molar-refractivity contribution >= 4 is 50.4 Å². The number of halogens is 4. The minimum Gasteiger partial charge on any atom is -0.431 e. The largest absolute Gasteiger partial charge is 0.511 e. The van der Waals surface area contributed by atoms with Gasteiger partial charge in [0.05, 0.1) is 0 Å². The molecule has 0 aliphatic rings. The van der Waals surface area contributed by atoms with Gasteiger partial charge in [0, 0.05) is 29.4 Å². The lowest BCUT2D eigenvalue weighted by Crippen LogP contribution is -2.38. The Bertz CT molecular complexity index is 1200. The first kappa shape index (κ1) is 24.4. The fourth-order valence-electron chi connectivity index (χ4n) is 2.51. The van der Waals surface area contributed by atoms with Crippen LogP contribution in [0.15, 0.2) is 52.1 Å². The lowest BCUT2D eigenvalue weighted by molar-refractivity contribution is -0.0447. The lowest BCUT2D eigenvalue weighted by atomic mass is 10.2. The van der Waals surface area contributed by atoms with Gasteiger partial charge >= 0.3 is 15.5 Å². The van der Waals surface area contributed by atoms with E-state index in [0.717, 1.165) is 5.56 Å². The highest BCUT2D eigenvalue weighted by molar-refractivity contribution is 7.98. The highest BCUT2D eigenvalue weighted by Crippen LogP contribution is 2.27. The summed E-state index contributed by atoms with van der Waals surface area (Å²) in [6.07, 6.45) is -0.0168. The monoisotopic (exact) mass is 507 g/mol. The van der Waals surface area contributed by atoms with E-state index in [1.807, 2.05) is 12.1 Å². The third-order valence-corrected chi connectivity index (χ3v) is 6.49. The molecule has 1 heterocycles. The SMILES string of the molecule is O=C(NCCCNS(=O)(=O)C(F)(F)F)c1ccc2nc(SCc3ccc(Cl)cc3)oc2c1. The Morgan fingerprint density at radius 1 is 1.12 bits per heavy atom. The molecule has 1 amide bonds. The summed E-state index contributed by atoms with van der Waals surface area (Å²) in [4.78, 5) is 16.6. The van der Waals surface area contributed by atoms with Gasteiger partial charge in [-0.05, 0) is 42.3 Å². The van der Waals surface area contributed by atoms with Gasteiger partial charge in [-0.2, -0.15) is 13.2 Å². The molecule has 0 unspecified atom stereocenters. The van der Waals surface area contributed by atoms with Crippen molar-refractivity contribution in [3.63, 3.8) is 0 Å². The number of benzene rings is 2. The second kappa shape index (κ2) is 10.1. The van der Waals surface area contributed by atoms with Gasteiger partial charge in [0.2, 0.25) is 0 Å². The maximum Gasteiger partial charge on any atom is 0.511 e. The summed E-state index contributed by atoms with van der Waals surface area (Å²) in [5.74, 6) is 0.146. The first-order valence-electron chi connectivity index (χ1n) is 9.17. The average molecular weight is 508 g/mol. The zero-order valence-electron chi connectivity index (χ0n) is 16.3. The van der Waals surface area contributed by atoms with Crippen LogP contribution >= 0.6 is 23.4 Å². The van der Waals surface area contributed by atoms with Crippen LogP contribution in [0.1, 0.15) is 22.3 Å². The van der Waals surface area contributed by atoms with Crippen molar-refractivity contribution in [2.24, 2.45) is 0 Å². The molecule has 0 atom stereocenters. The maximum atomic E-state index is 12.2. The molecule has 0 radical (unpaired) electrons. The number of thioether (sulfide) groups is 1. The van der Waals surface area contributed by atoms with E-state index in [-0.39, 0.29) is 18.5 Å². The molecule has 2 aromatic carbocycles. The molecule has 0 aliphatic heterocycles. The van der Waals surface area contributed by atoms with E-state index in [4.69, 9.17) is 16.0 Å². The molecule has 0 aliphatic carbocycles. The Labute approximate surface area is 190 Å². The van der Waals surface area contributed by atoms with E-state index in [1.54, 1.807) is 24.3 Å². The fourth-order valence-corrected chi connectivity index (χ4v) is 4.01. The molecule has 0 bridgehead atoms. The average Bonchev–Trinajstić information content (AvgIpc) is 3.14. The van der Waals surface area contributed by atoms with Crippen molar-refractivity contribution in [3.05, 3.63) is 58.6 Å². The quantitative estimate of drug-likeness (QED) is 0.330. The Morgan fingerprint density at radius 3 is 2.53 bits per heavy atom. The number of hydrogen-bond donors (Lipinski definition) is 2. The maximum absolute atomic E-state index is 12.2. The van der Waals surface area contributed by atoms with Crippen LogP contribution in [-0.4, -0.2) is 37.9 Å². The zero-order chi connectivity index (χ0) is 23.4. The summed E-state index contributed by atoms with van der Waals surface area (Å²) in [7, 11) is -5.39. The number of amides is 1. The number of oxazole rings is 1. The van der Waals surface area contributed by atoms with Gasteiger partial charge in [0.15, 0.2) is 5.58 Å². The zero-order valence-corrected chi connectivity index (χ0v) is 18.7. The van der Waals surface area contributed by atoms with Crippen molar-refractivity contribution in [2.45, 2.75) is 22.9 Å². The summed E-state index contributed by atoms with van der Waals surface area (Å²) in [5.41, 5.74) is -3.07. The summed E-state index contributed by atoms with van der Waals surface area (Å²) in [6.45, 7) is -0.479. The molecule has 172 valence electrons. The van der Waals surface area contributed by atoms with Gasteiger partial charge < -0.3 is 9.73 Å². The smallest absolute Gasteiger partial charge is 0.431 e. The van der Waals surface area contributed by atoms with Crippen LogP contribution in [0.3, 0.4) is 0 Å². The number of alkyl halides is 3. The summed E-state index contributed by atoms with van der Waals surface area (Å²) in [6, 6.07) is 12.1. The van der Waals surface area contributed by atoms with Crippen molar-refractivity contribution in [1.29, 1.82) is 0 Å². The van der Waals surface area contributed by atoms with Gasteiger partial charge in [-0.1, -0.05) is 35.5 Å². The van der Waals surface area contributed by atoms with Gasteiger partial charge in [-0.3, -0.25) is 4.79 Å². The third kappa shape index (κ3) is 6.37. The highest BCUT2D eigenvalue weighted by Gasteiger charge is 2.45. The molecule has 3 rings (SSSR count). The predicted molar refractivity (Wildman–Crippen MR) is 115 cm³/mol. The molecule has 1 aromatic heterocycles. The summed E-state index contributed by atoms with van der Waals surface area (Å²) in [5, 5.41) is 3.60. The number of sulfonamides is 1. The number of fused-ring (bicyclic) bond motifs is 1. The van der Waals surface area contributed by atoms with Crippen LogP contribution in [0.4, 0.5) is 13.2 Å². The number of nitrogens with one attached hydrogen (secondary N) is 2. The third-order valence-electron chi connectivity index (χ3n) is 4.14. The molecule has 7 nitrogen and oxygen atoms in total. The van der Waals surface area contributed by atoms with E-state index >= 15 is 0 Å². The van der Waals surface area contributed by atoms with Gasteiger partial charge in [0.25, 0.3) is 11.1 Å². The summed E-state index contributed by atoms with van der Waals surface area (Å²) < 4.78 is 65.6. The molecule has 0 spiro atoms. The molecular weight excluding hydrogens is 491 g/mol. The van der Waals surface area contributed by atoms with E-state index in [2.05, 4.69) is 10.3 Å². The Balaban J connectivity index is 1.51. The van der Waals surface area contributed by atoms with E-state index < -0.39 is 28.0 Å². The van der Waals surface area contributed by atoms with E-state index in [9.17, 15) is 26.4 Å². The molecule has 2 N–H and O–H groups in total. The first-order chi connectivity index (χ1) is 15.0. The standard InChI is InChI=1S/C19H17ClF3N3O4S2/c20-14-5-2-12(3-6-14)11-31-18-26-15-7-4-13(10-16(15)30-18)17(27)24-8-1-9-25-32(28,29)19(21,22)23/h2-7,10,25H,1,8-9,11H2,(H,24,27). The Morgan fingerprint density at radius 2 is 1.84 bits per heavy atom. The van der Waals surface area contributed by atoms with Crippen LogP contribution < -0.4 is 10.0 Å². The molecule has 32 heavy (non-hydrogen) atoms. The van der Waals surface area contributed by atoms with Crippen LogP contribution in [0.5, 0.6) is 0 Å². The van der Waals surface area contributed by atoms with Crippen LogP contribution in [0.25, 0.3) is 11.1 Å². The molecule has 0 saturated carbocycles. The van der Waals surface area contributed by atoms with Gasteiger partial charge in [-0.25, -0.2) is 18.1 Å². The second-order valence-corrected chi connectivity index (χ2v) is 9.65. The van der Waals surface area contributed by atoms with Crippen LogP contribution in [0, 0.1) is 0 Å². The van der Waals surface area contributed by atoms with Crippen molar-refractivity contribution in [2.75, 3.05) is 13.1 Å². The fraction of sp³-hybridized carbons (Fsp3) is 0.263. The second-order valence-electron chi connectivity index (χ2n) is 6.53. The normalized spacial score (nSPS) is 12.2. The molecule has 0 saturated heterocycles. The van der Waals surface area contributed by atoms with E-state index in [0.29, 0.717) is 27.1 Å². The van der Waals surface area contributed by atoms with Gasteiger partial charge in [-0.15, -0.1) is 0 Å². The highest BCUT2D eigenvalue weighted by atomic mass is 35.5. The number of rotatable bonds is 9. The number of nitrogens with zero attached hydrogens (tertiary/aromatic N) is 1. The van der Waals surface area contributed by atoms with Crippen LogP contribution in [0.2, 0.25) is 5.02 Å². The molecule has 0 fully saturated rings. The minimum absolute atomic E-state index is 0.0168. The van der Waals surface area contributed by atoms with Crippen LogP contribution in [-0.2, 0) is 15.8 Å².